The van der Waals surface area contributed by atoms with Crippen molar-refractivity contribution in [3.63, 3.8) is 0 Å². The van der Waals surface area contributed by atoms with Crippen molar-refractivity contribution in [2.24, 2.45) is 5.92 Å². The molecule has 8 nitrogen and oxygen atoms in total. The van der Waals surface area contributed by atoms with Crippen molar-refractivity contribution in [1.29, 1.82) is 0 Å². The standard InChI is InChI=1S/C31H38N2O6/c1-19(2)18-38-24-8-7-22(17-26(24)36-5)28-27-29(34)23-15-20(3)21(4)16-25(23)39-30(27)31(35)33(28)10-6-9-32-11-13-37-14-12-32/h7-8,15-17,19,28H,6,9-14,18H2,1-5H3. The first kappa shape index (κ1) is 27.2. The van der Waals surface area contributed by atoms with Crippen molar-refractivity contribution in [2.45, 2.75) is 40.2 Å². The highest BCUT2D eigenvalue weighted by atomic mass is 16.5. The largest absolute Gasteiger partial charge is 0.493 e. The molecule has 208 valence electrons. The molecule has 8 heteroatoms. The number of fused-ring (bicyclic) bond motifs is 2. The quantitative estimate of drug-likeness (QED) is 0.393. The van der Waals surface area contributed by atoms with Crippen LogP contribution in [0.4, 0.5) is 0 Å². The molecular formula is C31H38N2O6. The lowest BCUT2D eigenvalue weighted by atomic mass is 9.97. The van der Waals surface area contributed by atoms with Crippen LogP contribution in [0.2, 0.25) is 0 Å². The summed E-state index contributed by atoms with van der Waals surface area (Å²) in [5.74, 6) is 1.44. The smallest absolute Gasteiger partial charge is 0.290 e. The van der Waals surface area contributed by atoms with E-state index in [-0.39, 0.29) is 17.1 Å². The Bertz CT molecular complexity index is 1420. The number of carbonyl (C=O) groups excluding carboxylic acids is 1. The van der Waals surface area contributed by atoms with E-state index in [4.69, 9.17) is 18.6 Å². The van der Waals surface area contributed by atoms with Gasteiger partial charge in [-0.15, -0.1) is 0 Å². The summed E-state index contributed by atoms with van der Waals surface area (Å²) in [6, 6.07) is 8.79. The number of amides is 1. The van der Waals surface area contributed by atoms with E-state index in [1.165, 1.54) is 0 Å². The van der Waals surface area contributed by atoms with Crippen LogP contribution in [0.3, 0.4) is 0 Å². The van der Waals surface area contributed by atoms with Crippen molar-refractivity contribution in [2.75, 3.05) is 53.1 Å². The second-order valence-electron chi connectivity index (χ2n) is 10.9. The molecule has 0 aliphatic carbocycles. The summed E-state index contributed by atoms with van der Waals surface area (Å²) in [5.41, 5.74) is 3.47. The van der Waals surface area contributed by atoms with Crippen LogP contribution < -0.4 is 14.9 Å². The van der Waals surface area contributed by atoms with E-state index < -0.39 is 6.04 Å². The van der Waals surface area contributed by atoms with Gasteiger partial charge in [0.05, 0.1) is 43.9 Å². The number of ether oxygens (including phenoxy) is 3. The molecule has 1 saturated heterocycles. The van der Waals surface area contributed by atoms with Gasteiger partial charge in [-0.25, -0.2) is 0 Å². The molecular weight excluding hydrogens is 496 g/mol. The van der Waals surface area contributed by atoms with Gasteiger partial charge in [-0.3, -0.25) is 14.5 Å². The lowest BCUT2D eigenvalue weighted by molar-refractivity contribution is 0.0353. The van der Waals surface area contributed by atoms with Gasteiger partial charge >= 0.3 is 0 Å². The Balaban J connectivity index is 1.56. The molecule has 1 fully saturated rings. The number of hydrogen-bond acceptors (Lipinski definition) is 7. The van der Waals surface area contributed by atoms with Crippen LogP contribution >= 0.6 is 0 Å². The third kappa shape index (κ3) is 5.40. The second-order valence-corrected chi connectivity index (χ2v) is 10.9. The van der Waals surface area contributed by atoms with Gasteiger partial charge in [0.15, 0.2) is 16.9 Å². The van der Waals surface area contributed by atoms with E-state index >= 15 is 0 Å². The first-order valence-corrected chi connectivity index (χ1v) is 13.8. The molecule has 0 radical (unpaired) electrons. The van der Waals surface area contributed by atoms with Crippen LogP contribution in [0.1, 0.15) is 59.1 Å². The summed E-state index contributed by atoms with van der Waals surface area (Å²) in [4.78, 5) is 31.9. The zero-order valence-corrected chi connectivity index (χ0v) is 23.5. The Morgan fingerprint density at radius 3 is 2.46 bits per heavy atom. The number of aryl methyl sites for hydroxylation is 2. The Labute approximate surface area is 229 Å². The lowest BCUT2D eigenvalue weighted by Crippen LogP contribution is -2.38. The summed E-state index contributed by atoms with van der Waals surface area (Å²) >= 11 is 0. The SMILES string of the molecule is COc1cc(C2c3c(oc4cc(C)c(C)cc4c3=O)C(=O)N2CCCN2CCOCC2)ccc1OCC(C)C. The Kier molecular flexibility index (Phi) is 7.96. The molecule has 0 saturated carbocycles. The number of hydrogen-bond donors (Lipinski definition) is 0. The van der Waals surface area contributed by atoms with E-state index in [1.54, 1.807) is 12.0 Å². The second kappa shape index (κ2) is 11.4. The normalized spacial score (nSPS) is 17.7. The summed E-state index contributed by atoms with van der Waals surface area (Å²) in [6.45, 7) is 13.2. The van der Waals surface area contributed by atoms with Crippen molar-refractivity contribution in [1.82, 2.24) is 9.80 Å². The molecule has 2 aliphatic rings. The maximum absolute atomic E-state index is 14.0. The maximum atomic E-state index is 14.0. The highest BCUT2D eigenvalue weighted by Crippen LogP contribution is 2.41. The molecule has 0 spiro atoms. The Morgan fingerprint density at radius 1 is 1.00 bits per heavy atom. The van der Waals surface area contributed by atoms with Crippen LogP contribution in [-0.4, -0.2) is 68.8 Å². The number of rotatable bonds is 9. The highest BCUT2D eigenvalue weighted by molar-refractivity contribution is 5.99. The third-order valence-corrected chi connectivity index (χ3v) is 7.63. The Morgan fingerprint density at radius 2 is 1.74 bits per heavy atom. The topological polar surface area (TPSA) is 81.5 Å². The van der Waals surface area contributed by atoms with E-state index in [9.17, 15) is 9.59 Å². The highest BCUT2D eigenvalue weighted by Gasteiger charge is 2.42. The average Bonchev–Trinajstić information content (AvgIpc) is 3.20. The van der Waals surface area contributed by atoms with Crippen LogP contribution in [0.5, 0.6) is 11.5 Å². The van der Waals surface area contributed by atoms with Gasteiger partial charge < -0.3 is 23.5 Å². The van der Waals surface area contributed by atoms with Gasteiger partial charge in [0.1, 0.15) is 5.58 Å². The third-order valence-electron chi connectivity index (χ3n) is 7.63. The van der Waals surface area contributed by atoms with Crippen molar-refractivity contribution in [3.05, 3.63) is 68.6 Å². The zero-order chi connectivity index (χ0) is 27.7. The molecule has 1 unspecified atom stereocenters. The lowest BCUT2D eigenvalue weighted by Gasteiger charge is -2.29. The van der Waals surface area contributed by atoms with Gasteiger partial charge in [-0.2, -0.15) is 0 Å². The van der Waals surface area contributed by atoms with Gasteiger partial charge in [-0.05, 0) is 67.1 Å². The first-order valence-electron chi connectivity index (χ1n) is 13.8. The molecule has 3 aromatic rings. The van der Waals surface area contributed by atoms with Crippen molar-refractivity contribution >= 4 is 16.9 Å². The van der Waals surface area contributed by atoms with Gasteiger partial charge in [-0.1, -0.05) is 19.9 Å². The maximum Gasteiger partial charge on any atom is 0.290 e. The van der Waals surface area contributed by atoms with Gasteiger partial charge in [0, 0.05) is 26.2 Å². The van der Waals surface area contributed by atoms with Crippen LogP contribution in [0.15, 0.2) is 39.5 Å². The molecule has 1 aromatic heterocycles. The van der Waals surface area contributed by atoms with Crippen molar-refractivity contribution in [3.8, 4) is 11.5 Å². The fraction of sp³-hybridized carbons (Fsp3) is 0.484. The van der Waals surface area contributed by atoms with E-state index in [1.807, 2.05) is 44.2 Å². The number of methoxy groups -OCH3 is 1. The minimum absolute atomic E-state index is 0.131. The summed E-state index contributed by atoms with van der Waals surface area (Å²) in [5, 5.41) is 0.494. The van der Waals surface area contributed by atoms with Crippen LogP contribution in [-0.2, 0) is 4.74 Å². The molecule has 1 amide bonds. The minimum Gasteiger partial charge on any atom is -0.493 e. The predicted octanol–water partition coefficient (Wildman–Crippen LogP) is 4.72. The fourth-order valence-electron chi connectivity index (χ4n) is 5.37. The number of morpholine rings is 1. The molecule has 3 heterocycles. The van der Waals surface area contributed by atoms with Gasteiger partial charge in [0.25, 0.3) is 5.91 Å². The summed E-state index contributed by atoms with van der Waals surface area (Å²) in [7, 11) is 1.60. The molecule has 39 heavy (non-hydrogen) atoms. The summed E-state index contributed by atoms with van der Waals surface area (Å²) < 4.78 is 23.3. The fourth-order valence-corrected chi connectivity index (χ4v) is 5.37. The number of benzene rings is 2. The molecule has 0 bridgehead atoms. The average molecular weight is 535 g/mol. The molecule has 2 aliphatic heterocycles. The molecule has 1 atom stereocenters. The number of carbonyl (C=O) groups is 1. The first-order chi connectivity index (χ1) is 18.8. The monoisotopic (exact) mass is 534 g/mol. The van der Waals surface area contributed by atoms with E-state index in [0.717, 1.165) is 56.0 Å². The Hall–Kier alpha value is -3.36. The zero-order valence-electron chi connectivity index (χ0n) is 23.5. The van der Waals surface area contributed by atoms with Crippen molar-refractivity contribution < 1.29 is 23.4 Å². The predicted molar refractivity (Wildman–Crippen MR) is 150 cm³/mol. The molecule has 2 aromatic carbocycles. The van der Waals surface area contributed by atoms with Gasteiger partial charge in [0.2, 0.25) is 5.76 Å². The summed E-state index contributed by atoms with van der Waals surface area (Å²) in [6.07, 6.45) is 0.773. The number of nitrogens with zero attached hydrogens (tertiary/aromatic N) is 2. The van der Waals surface area contributed by atoms with E-state index in [2.05, 4.69) is 18.7 Å². The van der Waals surface area contributed by atoms with Crippen LogP contribution in [0, 0.1) is 19.8 Å². The minimum atomic E-state index is -0.576. The van der Waals surface area contributed by atoms with Crippen LogP contribution in [0.25, 0.3) is 11.0 Å². The van der Waals surface area contributed by atoms with E-state index in [0.29, 0.717) is 47.1 Å². The molecule has 5 rings (SSSR count). The molecule has 0 N–H and O–H groups in total.